The fraction of sp³-hybridized carbons (Fsp3) is 0.267. The van der Waals surface area contributed by atoms with Crippen LogP contribution in [0.25, 0.3) is 11.3 Å². The molecule has 1 heterocycles. The average molecular weight is 642 g/mol. The lowest BCUT2D eigenvalue weighted by atomic mass is 9.98. The van der Waals surface area contributed by atoms with Gasteiger partial charge in [0.1, 0.15) is 0 Å². The number of anilines is 3. The minimum atomic E-state index is -3.48. The standard InChI is InChI=1S/C30H33BrN4O5S/c1-34(2)16-5-17-35(41(3,39)40)24-12-10-23(11-13-24)32-29(21-7-4-6-20(18-21)8-15-27(36)37)28-25-14-9-22(31)19-26(25)33-30(28)38/h4,6-7,9-14,18-19,32H,5,8,15-17H2,1-3H3,(H,33,38)(H,36,37)/b29-28-. The molecule has 1 aliphatic rings. The van der Waals surface area contributed by atoms with Crippen LogP contribution in [0.1, 0.15) is 29.5 Å². The number of hydrogen-bond acceptors (Lipinski definition) is 6. The zero-order valence-electron chi connectivity index (χ0n) is 23.1. The van der Waals surface area contributed by atoms with Crippen LogP contribution in [0.3, 0.4) is 0 Å². The molecule has 4 rings (SSSR count). The summed E-state index contributed by atoms with van der Waals surface area (Å²) in [6.45, 7) is 1.11. The van der Waals surface area contributed by atoms with Gasteiger partial charge in [0.15, 0.2) is 0 Å². The molecule has 0 spiro atoms. The maximum absolute atomic E-state index is 13.3. The van der Waals surface area contributed by atoms with E-state index >= 15 is 0 Å². The zero-order valence-corrected chi connectivity index (χ0v) is 25.5. The lowest BCUT2D eigenvalue weighted by molar-refractivity contribution is -0.137. The van der Waals surface area contributed by atoms with Gasteiger partial charge in [0.25, 0.3) is 5.91 Å². The Balaban J connectivity index is 1.73. The fourth-order valence-corrected chi connectivity index (χ4v) is 6.00. The first-order chi connectivity index (χ1) is 19.4. The Labute approximate surface area is 249 Å². The van der Waals surface area contributed by atoms with Gasteiger partial charge >= 0.3 is 5.97 Å². The molecule has 0 radical (unpaired) electrons. The number of carbonyl (C=O) groups is 2. The van der Waals surface area contributed by atoms with Crippen LogP contribution < -0.4 is 14.9 Å². The Morgan fingerprint density at radius 1 is 1.02 bits per heavy atom. The molecule has 0 atom stereocenters. The largest absolute Gasteiger partial charge is 0.481 e. The molecule has 0 saturated carbocycles. The zero-order chi connectivity index (χ0) is 29.7. The summed E-state index contributed by atoms with van der Waals surface area (Å²) in [5, 5.41) is 15.5. The smallest absolute Gasteiger partial charge is 0.303 e. The summed E-state index contributed by atoms with van der Waals surface area (Å²) in [5.41, 5.74) is 5.18. The van der Waals surface area contributed by atoms with Gasteiger partial charge < -0.3 is 20.6 Å². The Bertz CT molecular complexity index is 1590. The van der Waals surface area contributed by atoms with Gasteiger partial charge in [-0.1, -0.05) is 40.2 Å². The Morgan fingerprint density at radius 3 is 2.41 bits per heavy atom. The van der Waals surface area contributed by atoms with Crippen molar-refractivity contribution in [2.24, 2.45) is 0 Å². The maximum Gasteiger partial charge on any atom is 0.303 e. The summed E-state index contributed by atoms with van der Waals surface area (Å²) in [6, 6.07) is 20.1. The number of aliphatic carboxylic acids is 1. The number of nitrogens with one attached hydrogen (secondary N) is 2. The summed E-state index contributed by atoms with van der Waals surface area (Å²) < 4.78 is 27.3. The second-order valence-electron chi connectivity index (χ2n) is 10.2. The molecule has 0 fully saturated rings. The minimum Gasteiger partial charge on any atom is -0.481 e. The third-order valence-corrected chi connectivity index (χ3v) is 8.30. The first-order valence-electron chi connectivity index (χ1n) is 13.1. The molecule has 3 aromatic carbocycles. The molecule has 0 aromatic heterocycles. The number of hydrogen-bond donors (Lipinski definition) is 3. The van der Waals surface area contributed by atoms with Crippen LogP contribution in [0.5, 0.6) is 0 Å². The van der Waals surface area contributed by atoms with Crippen LogP contribution >= 0.6 is 15.9 Å². The fourth-order valence-electron chi connectivity index (χ4n) is 4.68. The second-order valence-corrected chi connectivity index (χ2v) is 13.0. The molecule has 3 aromatic rings. The number of sulfonamides is 1. The Kier molecular flexibility index (Phi) is 9.52. The van der Waals surface area contributed by atoms with Gasteiger partial charge in [0.2, 0.25) is 10.0 Å². The van der Waals surface area contributed by atoms with Gasteiger partial charge in [-0.3, -0.25) is 13.9 Å². The first kappa shape index (κ1) is 30.3. The third kappa shape index (κ3) is 7.75. The van der Waals surface area contributed by atoms with Crippen molar-refractivity contribution < 1.29 is 23.1 Å². The van der Waals surface area contributed by atoms with Crippen molar-refractivity contribution in [2.45, 2.75) is 19.3 Å². The van der Waals surface area contributed by atoms with Gasteiger partial charge in [-0.05, 0) is 87.1 Å². The number of halogens is 1. The summed E-state index contributed by atoms with van der Waals surface area (Å²) in [7, 11) is 0.409. The molecule has 3 N–H and O–H groups in total. The van der Waals surface area contributed by atoms with E-state index in [1.54, 1.807) is 24.3 Å². The van der Waals surface area contributed by atoms with Crippen molar-refractivity contribution in [3.05, 3.63) is 87.9 Å². The average Bonchev–Trinajstić information content (AvgIpc) is 3.22. The molecule has 11 heteroatoms. The molecular formula is C30H33BrN4O5S. The highest BCUT2D eigenvalue weighted by atomic mass is 79.9. The summed E-state index contributed by atoms with van der Waals surface area (Å²) in [6.07, 6.45) is 2.22. The number of amides is 1. The van der Waals surface area contributed by atoms with E-state index in [1.165, 1.54) is 10.6 Å². The molecule has 1 aliphatic heterocycles. The van der Waals surface area contributed by atoms with E-state index < -0.39 is 16.0 Å². The van der Waals surface area contributed by atoms with Crippen LogP contribution in [0, 0.1) is 0 Å². The van der Waals surface area contributed by atoms with Crippen LogP contribution in [0.2, 0.25) is 0 Å². The molecule has 9 nitrogen and oxygen atoms in total. The number of nitrogens with zero attached hydrogens (tertiary/aromatic N) is 2. The number of benzene rings is 3. The van der Waals surface area contributed by atoms with Crippen LogP contribution in [0.4, 0.5) is 17.1 Å². The lowest BCUT2D eigenvalue weighted by Crippen LogP contribution is -2.32. The highest BCUT2D eigenvalue weighted by Gasteiger charge is 2.29. The molecule has 1 amide bonds. The molecule has 0 aliphatic carbocycles. The quantitative estimate of drug-likeness (QED) is 0.235. The van der Waals surface area contributed by atoms with E-state index in [4.69, 9.17) is 5.11 Å². The van der Waals surface area contributed by atoms with E-state index in [2.05, 4.69) is 26.6 Å². The van der Waals surface area contributed by atoms with Crippen molar-refractivity contribution in [3.63, 3.8) is 0 Å². The number of carbonyl (C=O) groups excluding carboxylic acids is 1. The van der Waals surface area contributed by atoms with E-state index in [0.717, 1.165) is 27.7 Å². The Hall–Kier alpha value is -3.67. The highest BCUT2D eigenvalue weighted by molar-refractivity contribution is 9.10. The maximum atomic E-state index is 13.3. The molecule has 0 bridgehead atoms. The van der Waals surface area contributed by atoms with Gasteiger partial charge in [-0.2, -0.15) is 0 Å². The van der Waals surface area contributed by atoms with Crippen molar-refractivity contribution >= 4 is 66.2 Å². The van der Waals surface area contributed by atoms with Crippen molar-refractivity contribution in [2.75, 3.05) is 48.4 Å². The summed E-state index contributed by atoms with van der Waals surface area (Å²) in [4.78, 5) is 26.4. The van der Waals surface area contributed by atoms with Crippen LogP contribution in [-0.2, 0) is 26.0 Å². The monoisotopic (exact) mass is 640 g/mol. The number of rotatable bonds is 12. The molecule has 0 saturated heterocycles. The van der Waals surface area contributed by atoms with Gasteiger partial charge in [-0.15, -0.1) is 0 Å². The predicted molar refractivity (Wildman–Crippen MR) is 167 cm³/mol. The van der Waals surface area contributed by atoms with Gasteiger partial charge in [-0.25, -0.2) is 8.42 Å². The molecule has 0 unspecified atom stereocenters. The molecule has 216 valence electrons. The topological polar surface area (TPSA) is 119 Å². The summed E-state index contributed by atoms with van der Waals surface area (Å²) in [5.74, 6) is -1.15. The van der Waals surface area contributed by atoms with Crippen molar-refractivity contribution in [1.82, 2.24) is 4.90 Å². The van der Waals surface area contributed by atoms with E-state index in [1.807, 2.05) is 61.5 Å². The van der Waals surface area contributed by atoms with E-state index in [-0.39, 0.29) is 12.3 Å². The Morgan fingerprint density at radius 2 is 1.76 bits per heavy atom. The molecular weight excluding hydrogens is 608 g/mol. The second kappa shape index (κ2) is 12.9. The summed E-state index contributed by atoms with van der Waals surface area (Å²) >= 11 is 3.45. The molecule has 41 heavy (non-hydrogen) atoms. The van der Waals surface area contributed by atoms with Crippen molar-refractivity contribution in [1.29, 1.82) is 0 Å². The van der Waals surface area contributed by atoms with Crippen molar-refractivity contribution in [3.8, 4) is 0 Å². The van der Waals surface area contributed by atoms with E-state index in [9.17, 15) is 18.0 Å². The predicted octanol–water partition coefficient (Wildman–Crippen LogP) is 5.12. The third-order valence-electron chi connectivity index (χ3n) is 6.61. The number of carboxylic acid groups (broad SMARTS) is 1. The highest BCUT2D eigenvalue weighted by Crippen LogP contribution is 2.39. The van der Waals surface area contributed by atoms with Gasteiger partial charge in [0.05, 0.1) is 28.9 Å². The lowest BCUT2D eigenvalue weighted by Gasteiger charge is -2.24. The normalized spacial score (nSPS) is 14.0. The van der Waals surface area contributed by atoms with Crippen LogP contribution in [-0.4, -0.2) is 63.7 Å². The number of aryl methyl sites for hydroxylation is 1. The first-order valence-corrected chi connectivity index (χ1v) is 15.7. The minimum absolute atomic E-state index is 0.00697. The van der Waals surface area contributed by atoms with E-state index in [0.29, 0.717) is 47.7 Å². The number of carboxylic acids is 1. The number of fused-ring (bicyclic) bond motifs is 1. The van der Waals surface area contributed by atoms with Gasteiger partial charge in [0, 0.05) is 28.7 Å². The SMILES string of the molecule is CN(C)CCCN(c1ccc(N/C(=C2\C(=O)Nc3cc(Br)ccc32)c2cccc(CCC(=O)O)c2)cc1)S(C)(=O)=O. The van der Waals surface area contributed by atoms with Crippen LogP contribution in [0.15, 0.2) is 71.2 Å².